The molecule has 4 saturated heterocycles. The number of fused-ring (bicyclic) bond motifs is 1. The van der Waals surface area contributed by atoms with Gasteiger partial charge in [0, 0.05) is 106 Å². The minimum absolute atomic E-state index is 0.0482. The maximum absolute atomic E-state index is 14.2. The summed E-state index contributed by atoms with van der Waals surface area (Å²) in [4.78, 5) is 77.9. The van der Waals surface area contributed by atoms with Crippen LogP contribution in [0.4, 0.5) is 17.1 Å². The van der Waals surface area contributed by atoms with Crippen LogP contribution >= 0.6 is 22.9 Å². The van der Waals surface area contributed by atoms with Gasteiger partial charge in [0.15, 0.2) is 0 Å². The summed E-state index contributed by atoms with van der Waals surface area (Å²) in [7, 11) is -4.63. The van der Waals surface area contributed by atoms with E-state index in [0.717, 1.165) is 141 Å². The summed E-state index contributed by atoms with van der Waals surface area (Å²) in [5.74, 6) is -0.785. The number of nitrogens with zero attached hydrogens (tertiary/aromatic N) is 8. The Morgan fingerprint density at radius 3 is 2.24 bits per heavy atom. The number of nitro groups is 1. The molecule has 25 nitrogen and oxygen atoms in total. The third-order valence-electron chi connectivity index (χ3n) is 22.0. The van der Waals surface area contributed by atoms with Crippen LogP contribution < -0.4 is 30.3 Å². The molecule has 3 aromatic heterocycles. The number of piperidine rings is 2. The van der Waals surface area contributed by atoms with E-state index in [1.165, 1.54) is 39.9 Å². The second-order valence-electron chi connectivity index (χ2n) is 31.5. The van der Waals surface area contributed by atoms with Crippen molar-refractivity contribution in [3.63, 3.8) is 0 Å². The lowest BCUT2D eigenvalue weighted by molar-refractivity contribution is -0.384. The zero-order valence-corrected chi connectivity index (χ0v) is 66.1. The number of thiazole rings is 1. The maximum atomic E-state index is 14.2. The predicted molar refractivity (Wildman–Crippen MR) is 426 cm³/mol. The van der Waals surface area contributed by atoms with Crippen molar-refractivity contribution in [2.75, 3.05) is 135 Å². The number of H-pyrrole nitrogens is 1. The number of aliphatic hydroxyl groups is 1. The van der Waals surface area contributed by atoms with Crippen molar-refractivity contribution in [2.45, 2.75) is 135 Å². The number of aromatic nitrogens is 3. The highest BCUT2D eigenvalue weighted by Gasteiger charge is 2.44. The molecule has 6 N–H and O–H groups in total. The van der Waals surface area contributed by atoms with Crippen LogP contribution in [0.15, 0.2) is 125 Å². The van der Waals surface area contributed by atoms with Crippen LogP contribution in [0.25, 0.3) is 27.0 Å². The van der Waals surface area contributed by atoms with Gasteiger partial charge in [-0.05, 0) is 173 Å². The summed E-state index contributed by atoms with van der Waals surface area (Å²) in [6, 6.07) is 27.3. The summed E-state index contributed by atoms with van der Waals surface area (Å²) >= 11 is 7.88. The van der Waals surface area contributed by atoms with Crippen LogP contribution in [0.1, 0.15) is 126 Å². The fraction of sp³-hybridized carbons (Fsp3) is 0.519. The number of hydrogen-bond acceptors (Lipinski definition) is 21. The Balaban J connectivity index is 0.533. The van der Waals surface area contributed by atoms with Gasteiger partial charge in [-0.3, -0.25) is 29.4 Å². The van der Waals surface area contributed by atoms with E-state index in [-0.39, 0.29) is 59.2 Å². The highest BCUT2D eigenvalue weighted by Crippen LogP contribution is 2.44. The predicted octanol–water partition coefficient (Wildman–Crippen LogP) is 11.7. The van der Waals surface area contributed by atoms with Gasteiger partial charge in [0.05, 0.1) is 95.5 Å². The number of rotatable bonds is 32. The summed E-state index contributed by atoms with van der Waals surface area (Å²) in [5, 5.41) is 34.5. The van der Waals surface area contributed by atoms with Gasteiger partial charge in [-0.15, -0.1) is 11.3 Å². The second-order valence-corrected chi connectivity index (χ2v) is 34.4. The Morgan fingerprint density at radius 2 is 1.54 bits per heavy atom. The first-order valence-corrected chi connectivity index (χ1v) is 41.1. The number of piperazine rings is 1. The summed E-state index contributed by atoms with van der Waals surface area (Å²) < 4.78 is 54.3. The number of aromatic amines is 1. The first-order chi connectivity index (χ1) is 52.3. The number of hydrogen-bond donors (Lipinski definition) is 6. The fourth-order valence-electron chi connectivity index (χ4n) is 15.6. The Kier molecular flexibility index (Phi) is 27.0. The van der Waals surface area contributed by atoms with Crippen molar-refractivity contribution in [3.8, 4) is 21.9 Å². The molecule has 0 spiro atoms. The number of sulfonamides is 1. The Morgan fingerprint density at radius 1 is 0.835 bits per heavy atom. The van der Waals surface area contributed by atoms with Gasteiger partial charge >= 0.3 is 0 Å². The second kappa shape index (κ2) is 36.5. The monoisotopic (exact) mass is 1550 g/mol. The van der Waals surface area contributed by atoms with Crippen molar-refractivity contribution >= 4 is 84.4 Å². The zero-order valence-electron chi connectivity index (χ0n) is 63.7. The number of carbonyl (C=O) groups excluding carboxylic acids is 3. The smallest absolute Gasteiger partial charge is 0.293 e. The molecule has 4 aliphatic heterocycles. The standard InChI is InChI=1S/C81H106ClN13O12S2/c1-54(57-8-10-59(11-9-57)74-55(2)87-53-108-74)88-78(98)72-46-65(96)52-94(72)79(99)75(80(3,4)5)83-28-38-104-40-42-106-43-41-105-39-37-90-29-24-63(25-30-90)92-31-22-56(23-32-92)49-85-70-19-17-67(47-71(70)95(100)101)109(102,103)89-77(97)68-18-16-64(45-73(68)107-66-44-60-21-27-84-76(60)86-50-66)93-35-33-91(34-36-93)51-61-20-26-81(6,7)48-69(61)58-12-14-62(82)15-13-58/h8-19,21,27,44-45,47,50,53-54,56,63,65,72,75,83,85,96H,20,22-26,28-43,46,48-49,51-52H2,1-7H3,(H,84,86)(H,88,98)(H,89,97)/t54-,65+,72-,75+/m0/s1. The van der Waals surface area contributed by atoms with Crippen LogP contribution in [-0.2, 0) is 33.8 Å². The number of anilines is 2. The normalized spacial score (nSPS) is 19.3. The molecule has 586 valence electrons. The van der Waals surface area contributed by atoms with Crippen LogP contribution in [0, 0.1) is 33.8 Å². The number of aliphatic hydroxyl groups excluding tert-OH is 1. The molecule has 12 rings (SSSR count). The molecule has 0 bridgehead atoms. The topological polar surface area (TPSA) is 292 Å². The quantitative estimate of drug-likeness (QED) is 0.0130. The number of amides is 3. The van der Waals surface area contributed by atoms with Crippen LogP contribution in [0.5, 0.6) is 11.5 Å². The number of nitrogens with one attached hydrogen (secondary N) is 5. The molecule has 1 aliphatic carbocycles. The van der Waals surface area contributed by atoms with Gasteiger partial charge in [0.25, 0.3) is 21.6 Å². The minimum Gasteiger partial charge on any atom is -0.455 e. The third kappa shape index (κ3) is 21.2. The Hall–Kier alpha value is -7.93. The molecule has 5 aliphatic rings. The first-order valence-electron chi connectivity index (χ1n) is 38.3. The molecule has 7 heterocycles. The van der Waals surface area contributed by atoms with Crippen LogP contribution in [-0.4, -0.2) is 220 Å². The first kappa shape index (κ1) is 80.6. The van der Waals surface area contributed by atoms with Gasteiger partial charge < -0.3 is 64.6 Å². The third-order valence-corrected chi connectivity index (χ3v) is 24.6. The van der Waals surface area contributed by atoms with Gasteiger partial charge in [0.1, 0.15) is 28.9 Å². The van der Waals surface area contributed by atoms with E-state index in [1.54, 1.807) is 41.8 Å². The highest BCUT2D eigenvalue weighted by atomic mass is 35.5. The van der Waals surface area contributed by atoms with E-state index in [2.05, 4.69) is 81.2 Å². The molecule has 7 aromatic rings. The van der Waals surface area contributed by atoms with Gasteiger partial charge in [0.2, 0.25) is 11.8 Å². The summed E-state index contributed by atoms with van der Waals surface area (Å²) in [6.07, 6.45) is 9.73. The molecule has 109 heavy (non-hydrogen) atoms. The molecule has 0 unspecified atom stereocenters. The molecule has 0 saturated carbocycles. The number of carbonyl (C=O) groups is 3. The SMILES string of the molecule is Cc1ncsc1-c1ccc([C@H](C)NC(=O)[C@@H]2C[C@@H](O)CN2C(=O)[C@@H](NCCOCCOCCOCCN2CCC(N3CCC(CNc4ccc(S(=O)(=O)NC(=O)c5ccc(N6CCN(CC7=C(c8ccc(Cl)cc8)CC(C)(C)CC7)CC6)cc5Oc5cnc6[nH]ccc6c5)cc4[N+](=O)[O-])CC3)CC2)C(C)(C)C)cc1. The molecule has 4 aromatic carbocycles. The van der Waals surface area contributed by atoms with E-state index in [1.807, 2.05) is 82.6 Å². The van der Waals surface area contributed by atoms with Gasteiger partial charge in [-0.2, -0.15) is 0 Å². The highest BCUT2D eigenvalue weighted by molar-refractivity contribution is 7.90. The molecule has 28 heteroatoms. The maximum Gasteiger partial charge on any atom is 0.293 e. The van der Waals surface area contributed by atoms with Crippen molar-refractivity contribution in [3.05, 3.63) is 158 Å². The van der Waals surface area contributed by atoms with E-state index in [9.17, 15) is 38.0 Å². The lowest BCUT2D eigenvalue weighted by Crippen LogP contribution is -2.57. The number of aryl methyl sites for hydroxylation is 1. The molecular formula is C81H106ClN13O12S2. The lowest BCUT2D eigenvalue weighted by Gasteiger charge is -2.42. The summed E-state index contributed by atoms with van der Waals surface area (Å²) in [5.41, 5.74) is 9.78. The minimum atomic E-state index is -4.63. The fourth-order valence-corrected chi connectivity index (χ4v) is 17.5. The number of ether oxygens (including phenoxy) is 4. The van der Waals surface area contributed by atoms with Crippen LogP contribution in [0.2, 0.25) is 5.02 Å². The van der Waals surface area contributed by atoms with Gasteiger partial charge in [-0.25, -0.2) is 23.1 Å². The van der Waals surface area contributed by atoms with Crippen molar-refractivity contribution in [1.82, 2.24) is 49.9 Å². The molecule has 0 radical (unpaired) electrons. The van der Waals surface area contributed by atoms with Crippen molar-refractivity contribution < 1.29 is 51.8 Å². The number of halogens is 1. The van der Waals surface area contributed by atoms with E-state index < -0.39 is 55.0 Å². The number of nitro benzene ring substituents is 1. The largest absolute Gasteiger partial charge is 0.455 e. The lowest BCUT2D eigenvalue weighted by atomic mass is 9.72. The number of likely N-dealkylation sites (tertiary alicyclic amines) is 3. The average molecular weight is 1550 g/mol. The summed E-state index contributed by atoms with van der Waals surface area (Å²) in [6.45, 7) is 26.6. The zero-order chi connectivity index (χ0) is 77.0. The van der Waals surface area contributed by atoms with Crippen molar-refractivity contribution in [1.29, 1.82) is 0 Å². The molecule has 4 fully saturated rings. The number of allylic oxidation sites excluding steroid dienone is 1. The average Bonchev–Trinajstić information content (AvgIpc) is 1.73. The number of β-amino-alcohol motifs (C(OH)–C–C–N with tert-alkyl or cyclic N) is 1. The number of benzene rings is 4. The van der Waals surface area contributed by atoms with Crippen molar-refractivity contribution in [2.24, 2.45) is 16.7 Å². The van der Waals surface area contributed by atoms with E-state index >= 15 is 0 Å². The molecule has 4 atom stereocenters. The Labute approximate surface area is 649 Å². The van der Waals surface area contributed by atoms with E-state index in [4.69, 9.17) is 30.5 Å². The Bertz CT molecular complexity index is 4410. The molecular weight excluding hydrogens is 1450 g/mol. The van der Waals surface area contributed by atoms with Gasteiger partial charge in [-0.1, -0.05) is 88.2 Å². The number of pyridine rings is 1. The van der Waals surface area contributed by atoms with E-state index in [0.29, 0.717) is 83.3 Å². The molecule has 3 amide bonds. The van der Waals surface area contributed by atoms with Crippen LogP contribution in [0.3, 0.4) is 0 Å².